The Hall–Kier alpha value is -1.66. The zero-order valence-corrected chi connectivity index (χ0v) is 19.6. The van der Waals surface area contributed by atoms with E-state index in [9.17, 15) is 19.8 Å². The van der Waals surface area contributed by atoms with E-state index >= 15 is 0 Å². The van der Waals surface area contributed by atoms with Gasteiger partial charge < -0.3 is 20.1 Å². The van der Waals surface area contributed by atoms with Crippen molar-refractivity contribution in [2.75, 3.05) is 0 Å². The molecule has 2 rings (SSSR count). The summed E-state index contributed by atoms with van der Waals surface area (Å²) >= 11 is 0. The SMILES string of the molecule is CCC(C)(C)C(=O)O[C@H]1C[C@@H](C)C=C2C=C[C@H](C)[C@H](CCCCC(O)(O)CC(=O)O)[C@H]21. The van der Waals surface area contributed by atoms with Crippen LogP contribution in [0.1, 0.15) is 79.6 Å². The number of carbonyl (C=O) groups excluding carboxylic acids is 1. The molecule has 176 valence electrons. The molecule has 6 heteroatoms. The monoisotopic (exact) mass is 436 g/mol. The maximum absolute atomic E-state index is 12.8. The largest absolute Gasteiger partial charge is 0.481 e. The van der Waals surface area contributed by atoms with Gasteiger partial charge in [0.15, 0.2) is 5.79 Å². The molecule has 0 unspecified atom stereocenters. The van der Waals surface area contributed by atoms with Crippen LogP contribution in [-0.2, 0) is 14.3 Å². The average molecular weight is 437 g/mol. The van der Waals surface area contributed by atoms with E-state index in [4.69, 9.17) is 9.84 Å². The number of hydrogen-bond acceptors (Lipinski definition) is 5. The van der Waals surface area contributed by atoms with Gasteiger partial charge >= 0.3 is 11.9 Å². The molecule has 0 spiro atoms. The first-order chi connectivity index (χ1) is 14.4. The minimum atomic E-state index is -2.17. The van der Waals surface area contributed by atoms with Crippen molar-refractivity contribution in [1.82, 2.24) is 0 Å². The molecule has 0 aromatic rings. The molecular weight excluding hydrogens is 396 g/mol. The van der Waals surface area contributed by atoms with E-state index in [1.807, 2.05) is 20.8 Å². The van der Waals surface area contributed by atoms with Gasteiger partial charge in [-0.15, -0.1) is 0 Å². The molecule has 0 amide bonds. The average Bonchev–Trinajstić information content (AvgIpc) is 2.65. The number of carboxylic acid groups (broad SMARTS) is 1. The number of esters is 1. The van der Waals surface area contributed by atoms with Crippen molar-refractivity contribution in [3.8, 4) is 0 Å². The van der Waals surface area contributed by atoms with Crippen LogP contribution < -0.4 is 0 Å². The Bertz CT molecular complexity index is 705. The second-order valence-electron chi connectivity index (χ2n) is 10.3. The van der Waals surface area contributed by atoms with Gasteiger partial charge in [0.05, 0.1) is 11.8 Å². The zero-order chi connectivity index (χ0) is 23.4. The summed E-state index contributed by atoms with van der Waals surface area (Å²) in [4.78, 5) is 23.6. The molecule has 2 aliphatic carbocycles. The zero-order valence-electron chi connectivity index (χ0n) is 19.6. The van der Waals surface area contributed by atoms with Crippen LogP contribution in [0.25, 0.3) is 0 Å². The van der Waals surface area contributed by atoms with Crippen molar-refractivity contribution in [3.05, 3.63) is 23.8 Å². The summed E-state index contributed by atoms with van der Waals surface area (Å²) in [6, 6.07) is 0. The molecule has 0 aliphatic heterocycles. The lowest BCUT2D eigenvalue weighted by molar-refractivity contribution is -0.185. The topological polar surface area (TPSA) is 104 Å². The van der Waals surface area contributed by atoms with E-state index < -0.39 is 23.6 Å². The highest BCUT2D eigenvalue weighted by molar-refractivity contribution is 5.76. The van der Waals surface area contributed by atoms with Crippen molar-refractivity contribution < 1.29 is 29.6 Å². The fraction of sp³-hybridized carbons (Fsp3) is 0.760. The van der Waals surface area contributed by atoms with Crippen LogP contribution in [-0.4, -0.2) is 39.1 Å². The van der Waals surface area contributed by atoms with Gasteiger partial charge in [0, 0.05) is 12.3 Å². The van der Waals surface area contributed by atoms with Crippen molar-refractivity contribution in [2.24, 2.45) is 29.1 Å². The molecule has 31 heavy (non-hydrogen) atoms. The molecule has 0 saturated carbocycles. The molecule has 0 aromatic heterocycles. The number of aliphatic hydroxyl groups is 2. The van der Waals surface area contributed by atoms with Crippen molar-refractivity contribution in [3.63, 3.8) is 0 Å². The Balaban J connectivity index is 2.09. The first kappa shape index (κ1) is 25.6. The Labute approximate surface area is 186 Å². The van der Waals surface area contributed by atoms with Gasteiger partial charge in [-0.05, 0) is 62.9 Å². The summed E-state index contributed by atoms with van der Waals surface area (Å²) in [5.41, 5.74) is 0.727. The molecule has 0 bridgehead atoms. The highest BCUT2D eigenvalue weighted by Crippen LogP contribution is 2.45. The highest BCUT2D eigenvalue weighted by atomic mass is 16.5. The smallest absolute Gasteiger partial charge is 0.311 e. The Morgan fingerprint density at radius 2 is 1.87 bits per heavy atom. The van der Waals surface area contributed by atoms with E-state index in [1.165, 1.54) is 5.57 Å². The number of carboxylic acids is 1. The van der Waals surface area contributed by atoms with E-state index in [0.717, 1.165) is 25.7 Å². The molecule has 0 radical (unpaired) electrons. The summed E-state index contributed by atoms with van der Waals surface area (Å²) < 4.78 is 6.11. The third-order valence-corrected chi connectivity index (χ3v) is 7.09. The lowest BCUT2D eigenvalue weighted by Gasteiger charge is -2.43. The number of rotatable bonds is 10. The lowest BCUT2D eigenvalue weighted by atomic mass is 9.65. The van der Waals surface area contributed by atoms with E-state index in [1.54, 1.807) is 0 Å². The first-order valence-corrected chi connectivity index (χ1v) is 11.6. The number of aliphatic carboxylic acids is 1. The van der Waals surface area contributed by atoms with Gasteiger partial charge in [-0.25, -0.2) is 0 Å². The molecule has 0 fully saturated rings. The van der Waals surface area contributed by atoms with E-state index in [2.05, 4.69) is 32.1 Å². The third-order valence-electron chi connectivity index (χ3n) is 7.09. The van der Waals surface area contributed by atoms with Crippen LogP contribution in [0.4, 0.5) is 0 Å². The van der Waals surface area contributed by atoms with E-state index in [-0.39, 0.29) is 30.3 Å². The Morgan fingerprint density at radius 1 is 1.19 bits per heavy atom. The Morgan fingerprint density at radius 3 is 2.48 bits per heavy atom. The number of hydrogen-bond donors (Lipinski definition) is 3. The fourth-order valence-corrected chi connectivity index (χ4v) is 4.78. The molecule has 0 aromatic carbocycles. The second kappa shape index (κ2) is 10.3. The molecule has 6 nitrogen and oxygen atoms in total. The molecule has 2 aliphatic rings. The van der Waals surface area contributed by atoms with Crippen LogP contribution >= 0.6 is 0 Å². The summed E-state index contributed by atoms with van der Waals surface area (Å²) in [5.74, 6) is -2.44. The number of carbonyl (C=O) groups is 2. The maximum atomic E-state index is 12.8. The summed E-state index contributed by atoms with van der Waals surface area (Å²) in [5, 5.41) is 28.5. The number of ether oxygens (including phenoxy) is 1. The van der Waals surface area contributed by atoms with Crippen LogP contribution in [0, 0.1) is 29.1 Å². The van der Waals surface area contributed by atoms with Crippen LogP contribution in [0.15, 0.2) is 23.8 Å². The lowest BCUT2D eigenvalue weighted by Crippen LogP contribution is -2.42. The molecule has 0 heterocycles. The predicted molar refractivity (Wildman–Crippen MR) is 119 cm³/mol. The normalized spacial score (nSPS) is 28.6. The Kier molecular flexibility index (Phi) is 8.51. The molecule has 5 atom stereocenters. The van der Waals surface area contributed by atoms with E-state index in [0.29, 0.717) is 18.3 Å². The van der Waals surface area contributed by atoms with Gasteiger partial charge in [-0.3, -0.25) is 9.59 Å². The van der Waals surface area contributed by atoms with Gasteiger partial charge in [0.1, 0.15) is 6.10 Å². The summed E-state index contributed by atoms with van der Waals surface area (Å²) in [6.07, 6.45) is 9.55. The quantitative estimate of drug-likeness (QED) is 0.265. The molecular formula is C25H40O6. The number of unbranched alkanes of at least 4 members (excludes halogenated alkanes) is 1. The minimum absolute atomic E-state index is 0.0315. The van der Waals surface area contributed by atoms with Crippen molar-refractivity contribution in [1.29, 1.82) is 0 Å². The molecule has 3 N–H and O–H groups in total. The second-order valence-corrected chi connectivity index (χ2v) is 10.3. The highest BCUT2D eigenvalue weighted by Gasteiger charge is 2.42. The summed E-state index contributed by atoms with van der Waals surface area (Å²) in [7, 11) is 0. The van der Waals surface area contributed by atoms with Crippen molar-refractivity contribution in [2.45, 2.75) is 91.5 Å². The molecule has 0 saturated heterocycles. The summed E-state index contributed by atoms with van der Waals surface area (Å²) in [6.45, 7) is 10.2. The first-order valence-electron chi connectivity index (χ1n) is 11.6. The predicted octanol–water partition coefficient (Wildman–Crippen LogP) is 4.45. The number of fused-ring (bicyclic) bond motifs is 1. The van der Waals surface area contributed by atoms with Crippen molar-refractivity contribution >= 4 is 11.9 Å². The van der Waals surface area contributed by atoms with Gasteiger partial charge in [0.2, 0.25) is 0 Å². The van der Waals surface area contributed by atoms with Crippen LogP contribution in [0.3, 0.4) is 0 Å². The van der Waals surface area contributed by atoms with Crippen LogP contribution in [0.2, 0.25) is 0 Å². The third kappa shape index (κ3) is 6.91. The fourth-order valence-electron chi connectivity index (χ4n) is 4.78. The van der Waals surface area contributed by atoms with Gasteiger partial charge in [0.25, 0.3) is 0 Å². The van der Waals surface area contributed by atoms with Gasteiger partial charge in [-0.1, -0.05) is 45.4 Å². The standard InChI is InChI=1S/C25H40O6/c1-6-24(4,5)23(28)31-20-14-16(2)13-18-11-10-17(3)19(22(18)20)9-7-8-12-25(29,30)15-21(26)27/h10-11,13,16-17,19-20,22,29-30H,6-9,12,14-15H2,1-5H3,(H,26,27)/t16-,17-,19-,20-,22-/m0/s1. The van der Waals surface area contributed by atoms with Crippen LogP contribution in [0.5, 0.6) is 0 Å². The minimum Gasteiger partial charge on any atom is -0.481 e. The maximum Gasteiger partial charge on any atom is 0.311 e. The number of allylic oxidation sites excluding steroid dienone is 3. The van der Waals surface area contributed by atoms with Gasteiger partial charge in [-0.2, -0.15) is 0 Å².